The molecule has 4 rings (SSSR count). The van der Waals surface area contributed by atoms with E-state index in [1.165, 1.54) is 20.5 Å². The number of amides is 1. The van der Waals surface area contributed by atoms with E-state index in [9.17, 15) is 9.90 Å². The molecule has 0 spiro atoms. The van der Waals surface area contributed by atoms with Gasteiger partial charge in [0.05, 0.1) is 13.2 Å². The first kappa shape index (κ1) is 20.6. The first-order valence-corrected chi connectivity index (χ1v) is 10.8. The molecule has 2 aromatic carbocycles. The smallest absolute Gasteiger partial charge is 0.288 e. The molecule has 1 aromatic heterocycles. The molecule has 5 nitrogen and oxygen atoms in total. The summed E-state index contributed by atoms with van der Waals surface area (Å²) in [5.74, 6) is 0.197. The summed E-state index contributed by atoms with van der Waals surface area (Å²) in [6.07, 6.45) is 2.04. The van der Waals surface area contributed by atoms with Crippen LogP contribution in [0.1, 0.15) is 29.0 Å². The number of likely N-dealkylation sites (N-methyl/N-ethyl adjacent to an activating group) is 1. The summed E-state index contributed by atoms with van der Waals surface area (Å²) in [4.78, 5) is 14.1. The molecule has 1 aliphatic heterocycles. The lowest BCUT2D eigenvalue weighted by atomic mass is 9.92. The summed E-state index contributed by atoms with van der Waals surface area (Å²) < 4.78 is 13.2. The second-order valence-corrected chi connectivity index (χ2v) is 8.50. The lowest BCUT2D eigenvalue weighted by molar-refractivity contribution is -0.154. The first-order valence-electron chi connectivity index (χ1n) is 9.91. The highest BCUT2D eigenvalue weighted by Gasteiger charge is 2.30. The van der Waals surface area contributed by atoms with Crippen molar-refractivity contribution < 1.29 is 19.4 Å². The van der Waals surface area contributed by atoms with E-state index in [0.29, 0.717) is 18.8 Å². The van der Waals surface area contributed by atoms with Crippen molar-refractivity contribution in [3.8, 4) is 0 Å². The average molecular weight is 424 g/mol. The molecule has 0 radical (unpaired) electrons. The van der Waals surface area contributed by atoms with Crippen LogP contribution in [0.25, 0.3) is 10.1 Å². The molecule has 0 bridgehead atoms. The molecule has 0 aliphatic carbocycles. The van der Waals surface area contributed by atoms with E-state index < -0.39 is 6.29 Å². The lowest BCUT2D eigenvalue weighted by Gasteiger charge is -2.30. The number of rotatable bonds is 6. The van der Waals surface area contributed by atoms with Gasteiger partial charge in [-0.3, -0.25) is 4.79 Å². The molecular weight excluding hydrogens is 398 g/mol. The number of thiophene rings is 1. The molecule has 6 heteroatoms. The molecule has 2 atom stereocenters. The number of fused-ring (bicyclic) bond motifs is 1. The molecule has 1 amide bonds. The van der Waals surface area contributed by atoms with Gasteiger partial charge in [0.15, 0.2) is 5.76 Å². The van der Waals surface area contributed by atoms with E-state index >= 15 is 0 Å². The number of hydrogen-bond donors (Lipinski definition) is 1. The fraction of sp³-hybridized carbons (Fsp3) is 0.292. The van der Waals surface area contributed by atoms with E-state index in [-0.39, 0.29) is 18.4 Å². The molecule has 156 valence electrons. The molecule has 0 fully saturated rings. The summed E-state index contributed by atoms with van der Waals surface area (Å²) in [7, 11) is 3.43. The van der Waals surface area contributed by atoms with Crippen LogP contribution in [0, 0.1) is 0 Å². The van der Waals surface area contributed by atoms with Crippen LogP contribution in [-0.4, -0.2) is 36.3 Å². The molecule has 1 N–H and O–H groups in total. The zero-order valence-corrected chi connectivity index (χ0v) is 17.9. The second kappa shape index (κ2) is 9.00. The van der Waals surface area contributed by atoms with Crippen LogP contribution in [0.2, 0.25) is 0 Å². The number of carbonyl (C=O) groups is 1. The predicted molar refractivity (Wildman–Crippen MR) is 118 cm³/mol. The van der Waals surface area contributed by atoms with Gasteiger partial charge in [0.25, 0.3) is 5.91 Å². The SMILES string of the molecule is CN(C)C(=O)C1=C[C@@H](c2csc3ccccc23)C[C@@H](OCc2ccc(CO)cc2)O1. The normalized spacial score (nSPS) is 18.7. The molecule has 30 heavy (non-hydrogen) atoms. The van der Waals surface area contributed by atoms with Crippen molar-refractivity contribution in [3.05, 3.63) is 82.4 Å². The van der Waals surface area contributed by atoms with Crippen molar-refractivity contribution in [2.75, 3.05) is 14.1 Å². The van der Waals surface area contributed by atoms with Crippen LogP contribution in [-0.2, 0) is 27.5 Å². The van der Waals surface area contributed by atoms with Crippen LogP contribution < -0.4 is 0 Å². The number of aliphatic hydroxyl groups is 1. The van der Waals surface area contributed by atoms with Gasteiger partial charge < -0.3 is 19.5 Å². The Balaban J connectivity index is 1.56. The summed E-state index contributed by atoms with van der Waals surface area (Å²) in [6, 6.07) is 15.9. The highest BCUT2D eigenvalue weighted by molar-refractivity contribution is 7.17. The number of allylic oxidation sites excluding steroid dienone is 1. The minimum atomic E-state index is -0.518. The Bertz CT molecular complexity index is 1050. The Hall–Kier alpha value is -2.67. The van der Waals surface area contributed by atoms with Crippen molar-refractivity contribution in [1.29, 1.82) is 0 Å². The first-order chi connectivity index (χ1) is 14.5. The summed E-state index contributed by atoms with van der Waals surface area (Å²) in [6.45, 7) is 0.390. The lowest BCUT2D eigenvalue weighted by Crippen LogP contribution is -2.32. The van der Waals surface area contributed by atoms with Crippen LogP contribution in [0.5, 0.6) is 0 Å². The molecule has 2 heterocycles. The van der Waals surface area contributed by atoms with Gasteiger partial charge in [-0.1, -0.05) is 42.5 Å². The third-order valence-electron chi connectivity index (χ3n) is 5.23. The third kappa shape index (κ3) is 4.41. The van der Waals surface area contributed by atoms with Crippen molar-refractivity contribution in [1.82, 2.24) is 4.90 Å². The van der Waals surface area contributed by atoms with E-state index in [4.69, 9.17) is 9.47 Å². The molecule has 0 saturated carbocycles. The summed E-state index contributed by atoms with van der Waals surface area (Å²) in [5.41, 5.74) is 3.05. The predicted octanol–water partition coefficient (Wildman–Crippen LogP) is 4.41. The van der Waals surface area contributed by atoms with Gasteiger partial charge in [0.2, 0.25) is 6.29 Å². The van der Waals surface area contributed by atoms with Crippen molar-refractivity contribution in [2.45, 2.75) is 31.8 Å². The number of hydrogen-bond acceptors (Lipinski definition) is 5. The fourth-order valence-corrected chi connectivity index (χ4v) is 4.59. The second-order valence-electron chi connectivity index (χ2n) is 7.59. The summed E-state index contributed by atoms with van der Waals surface area (Å²) in [5, 5.41) is 12.6. The van der Waals surface area contributed by atoms with Gasteiger partial charge in [-0.2, -0.15) is 0 Å². The Morgan fingerprint density at radius 2 is 1.90 bits per heavy atom. The van der Waals surface area contributed by atoms with E-state index in [2.05, 4.69) is 17.5 Å². The minimum Gasteiger partial charge on any atom is -0.459 e. The number of benzene rings is 2. The van der Waals surface area contributed by atoms with Crippen LogP contribution in [0.15, 0.2) is 65.7 Å². The highest BCUT2D eigenvalue weighted by Crippen LogP contribution is 2.38. The zero-order chi connectivity index (χ0) is 21.1. The van der Waals surface area contributed by atoms with E-state index in [0.717, 1.165) is 11.1 Å². The zero-order valence-electron chi connectivity index (χ0n) is 17.1. The van der Waals surface area contributed by atoms with E-state index in [1.54, 1.807) is 25.4 Å². The van der Waals surface area contributed by atoms with Gasteiger partial charge >= 0.3 is 0 Å². The van der Waals surface area contributed by atoms with Crippen molar-refractivity contribution in [2.24, 2.45) is 0 Å². The average Bonchev–Trinajstić information content (AvgIpc) is 3.21. The third-order valence-corrected chi connectivity index (χ3v) is 6.21. The van der Waals surface area contributed by atoms with Crippen LogP contribution in [0.4, 0.5) is 0 Å². The van der Waals surface area contributed by atoms with Crippen molar-refractivity contribution in [3.63, 3.8) is 0 Å². The Morgan fingerprint density at radius 1 is 1.17 bits per heavy atom. The standard InChI is InChI=1S/C24H25NO4S/c1-25(2)24(27)21-11-18(20-15-30-22-6-4-3-5-19(20)22)12-23(29-21)28-14-17-9-7-16(13-26)8-10-17/h3-11,15,18,23,26H,12-14H2,1-2H3/t18-,23+/m1/s1. The molecule has 1 aliphatic rings. The maximum Gasteiger partial charge on any atom is 0.288 e. The maximum absolute atomic E-state index is 12.6. The highest BCUT2D eigenvalue weighted by atomic mass is 32.1. The Morgan fingerprint density at radius 3 is 2.63 bits per heavy atom. The minimum absolute atomic E-state index is 0.0178. The maximum atomic E-state index is 12.6. The van der Waals surface area contributed by atoms with Gasteiger partial charge in [0, 0.05) is 31.1 Å². The van der Waals surface area contributed by atoms with E-state index in [1.807, 2.05) is 42.5 Å². The van der Waals surface area contributed by atoms with Gasteiger partial charge in [-0.25, -0.2) is 0 Å². The molecular formula is C24H25NO4S. The number of carbonyl (C=O) groups excluding carboxylic acids is 1. The number of nitrogens with zero attached hydrogens (tertiary/aromatic N) is 1. The van der Waals surface area contributed by atoms with Gasteiger partial charge in [-0.05, 0) is 39.6 Å². The van der Waals surface area contributed by atoms with Crippen LogP contribution >= 0.6 is 11.3 Å². The largest absolute Gasteiger partial charge is 0.459 e. The summed E-state index contributed by atoms with van der Waals surface area (Å²) >= 11 is 1.71. The van der Waals surface area contributed by atoms with Gasteiger partial charge in [-0.15, -0.1) is 11.3 Å². The Labute approximate surface area is 180 Å². The molecule has 3 aromatic rings. The quantitative estimate of drug-likeness (QED) is 0.638. The molecule has 0 unspecified atom stereocenters. The van der Waals surface area contributed by atoms with Crippen molar-refractivity contribution >= 4 is 27.3 Å². The fourth-order valence-electron chi connectivity index (χ4n) is 3.56. The topological polar surface area (TPSA) is 59.0 Å². The van der Waals surface area contributed by atoms with Crippen LogP contribution in [0.3, 0.4) is 0 Å². The Kier molecular flexibility index (Phi) is 6.18. The molecule has 0 saturated heterocycles. The van der Waals surface area contributed by atoms with Gasteiger partial charge in [0.1, 0.15) is 0 Å². The number of ether oxygens (including phenoxy) is 2. The number of aliphatic hydroxyl groups excluding tert-OH is 1. The monoisotopic (exact) mass is 423 g/mol.